The summed E-state index contributed by atoms with van der Waals surface area (Å²) in [6, 6.07) is 4.92. The van der Waals surface area contributed by atoms with Crippen LogP contribution in [-0.2, 0) is 6.18 Å². The zero-order chi connectivity index (χ0) is 15.6. The Labute approximate surface area is 121 Å². The normalized spacial score (nSPS) is 11.3. The number of hydrogen-bond donors (Lipinski definition) is 1. The van der Waals surface area contributed by atoms with E-state index >= 15 is 0 Å². The van der Waals surface area contributed by atoms with Gasteiger partial charge in [-0.25, -0.2) is 9.37 Å². The number of alkyl halides is 3. The molecule has 21 heavy (non-hydrogen) atoms. The number of nitrogens with one attached hydrogen (secondary N) is 1. The fourth-order valence-electron chi connectivity index (χ4n) is 1.53. The van der Waals surface area contributed by atoms with Gasteiger partial charge in [0.25, 0.3) is 5.91 Å². The van der Waals surface area contributed by atoms with Crippen LogP contribution >= 0.6 is 11.6 Å². The number of aromatic nitrogens is 1. The fourth-order valence-corrected chi connectivity index (χ4v) is 1.65. The van der Waals surface area contributed by atoms with Crippen molar-refractivity contribution >= 4 is 23.2 Å². The van der Waals surface area contributed by atoms with Crippen molar-refractivity contribution in [1.29, 1.82) is 0 Å². The van der Waals surface area contributed by atoms with Crippen molar-refractivity contribution in [3.8, 4) is 0 Å². The minimum Gasteiger partial charge on any atom is -0.322 e. The molecule has 0 aliphatic heterocycles. The van der Waals surface area contributed by atoms with Gasteiger partial charge in [0.1, 0.15) is 11.0 Å². The Kier molecular flexibility index (Phi) is 4.13. The van der Waals surface area contributed by atoms with Gasteiger partial charge in [0.05, 0.1) is 11.1 Å². The highest BCUT2D eigenvalue weighted by Crippen LogP contribution is 2.33. The van der Waals surface area contributed by atoms with Crippen LogP contribution in [0.4, 0.5) is 23.2 Å². The van der Waals surface area contributed by atoms with E-state index in [2.05, 4.69) is 10.3 Å². The second-order valence-corrected chi connectivity index (χ2v) is 4.40. The number of anilines is 1. The number of rotatable bonds is 2. The highest BCUT2D eigenvalue weighted by Gasteiger charge is 2.34. The summed E-state index contributed by atoms with van der Waals surface area (Å²) >= 11 is 5.56. The summed E-state index contributed by atoms with van der Waals surface area (Å²) in [5.74, 6) is -2.09. The zero-order valence-corrected chi connectivity index (χ0v) is 11.0. The number of amides is 1. The van der Waals surface area contributed by atoms with E-state index in [1.807, 2.05) is 0 Å². The molecule has 0 aliphatic carbocycles. The molecule has 0 saturated carbocycles. The minimum absolute atomic E-state index is 0.109. The number of pyridine rings is 1. The molecule has 110 valence electrons. The molecule has 0 saturated heterocycles. The molecule has 0 spiro atoms. The third-order valence-corrected chi connectivity index (χ3v) is 2.74. The van der Waals surface area contributed by atoms with Crippen molar-refractivity contribution in [3.05, 3.63) is 58.6 Å². The summed E-state index contributed by atoms with van der Waals surface area (Å²) in [5, 5.41) is 2.40. The van der Waals surface area contributed by atoms with Crippen molar-refractivity contribution in [3.63, 3.8) is 0 Å². The molecule has 0 unspecified atom stereocenters. The molecular weight excluding hydrogens is 312 g/mol. The molecule has 1 aromatic heterocycles. The lowest BCUT2D eigenvalue weighted by Gasteiger charge is -2.11. The first-order valence-electron chi connectivity index (χ1n) is 5.57. The lowest BCUT2D eigenvalue weighted by molar-refractivity contribution is -0.139. The average Bonchev–Trinajstić information content (AvgIpc) is 2.40. The SMILES string of the molecule is O=C(Nc1ccc(F)c(C(F)(F)F)c1)c1ccc(Cl)nc1. The fraction of sp³-hybridized carbons (Fsp3) is 0.0769. The van der Waals surface area contributed by atoms with Gasteiger partial charge in [-0.3, -0.25) is 4.79 Å². The minimum atomic E-state index is -4.84. The lowest BCUT2D eigenvalue weighted by atomic mass is 10.1. The largest absolute Gasteiger partial charge is 0.419 e. The summed E-state index contributed by atoms with van der Waals surface area (Å²) in [4.78, 5) is 15.5. The molecule has 1 amide bonds. The van der Waals surface area contributed by atoms with Crippen LogP contribution in [0.25, 0.3) is 0 Å². The maximum atomic E-state index is 13.1. The smallest absolute Gasteiger partial charge is 0.322 e. The zero-order valence-electron chi connectivity index (χ0n) is 10.2. The van der Waals surface area contributed by atoms with Crippen molar-refractivity contribution in [2.24, 2.45) is 0 Å². The van der Waals surface area contributed by atoms with Gasteiger partial charge in [-0.2, -0.15) is 13.2 Å². The van der Waals surface area contributed by atoms with Crippen LogP contribution in [-0.4, -0.2) is 10.9 Å². The molecule has 0 bridgehead atoms. The topological polar surface area (TPSA) is 42.0 Å². The second-order valence-electron chi connectivity index (χ2n) is 4.02. The van der Waals surface area contributed by atoms with E-state index in [1.165, 1.54) is 18.3 Å². The Morgan fingerprint density at radius 3 is 2.48 bits per heavy atom. The average molecular weight is 319 g/mol. The number of nitrogens with zero attached hydrogens (tertiary/aromatic N) is 1. The molecule has 1 aromatic carbocycles. The summed E-state index contributed by atoms with van der Waals surface area (Å²) in [6.45, 7) is 0. The molecule has 2 rings (SSSR count). The molecule has 3 nitrogen and oxygen atoms in total. The van der Waals surface area contributed by atoms with E-state index in [0.717, 1.165) is 6.07 Å². The molecule has 0 radical (unpaired) electrons. The van der Waals surface area contributed by atoms with Gasteiger partial charge in [-0.05, 0) is 30.3 Å². The van der Waals surface area contributed by atoms with E-state index in [9.17, 15) is 22.4 Å². The maximum absolute atomic E-state index is 13.1. The molecule has 8 heteroatoms. The molecule has 2 aromatic rings. The number of carbonyl (C=O) groups is 1. The Hall–Kier alpha value is -2.15. The van der Waals surface area contributed by atoms with Gasteiger partial charge < -0.3 is 5.32 Å². The van der Waals surface area contributed by atoms with Crippen molar-refractivity contribution < 1.29 is 22.4 Å². The Bertz CT molecular complexity index is 671. The van der Waals surface area contributed by atoms with Gasteiger partial charge in [-0.15, -0.1) is 0 Å². The van der Waals surface area contributed by atoms with Crippen LogP contribution in [0.2, 0.25) is 5.15 Å². The molecule has 1 N–H and O–H groups in total. The van der Waals surface area contributed by atoms with Crippen LogP contribution in [0, 0.1) is 5.82 Å². The van der Waals surface area contributed by atoms with E-state index in [-0.39, 0.29) is 16.4 Å². The number of carbonyl (C=O) groups excluding carboxylic acids is 1. The maximum Gasteiger partial charge on any atom is 0.419 e. The highest BCUT2D eigenvalue weighted by molar-refractivity contribution is 6.29. The van der Waals surface area contributed by atoms with Crippen LogP contribution < -0.4 is 5.32 Å². The summed E-state index contributed by atoms with van der Waals surface area (Å²) in [5.41, 5.74) is -1.52. The van der Waals surface area contributed by atoms with Crippen LogP contribution in [0.5, 0.6) is 0 Å². The Morgan fingerprint density at radius 1 is 1.19 bits per heavy atom. The van der Waals surface area contributed by atoms with Crippen LogP contribution in [0.15, 0.2) is 36.5 Å². The van der Waals surface area contributed by atoms with Gasteiger partial charge in [-0.1, -0.05) is 11.6 Å². The second kappa shape index (κ2) is 5.69. The van der Waals surface area contributed by atoms with Crippen molar-refractivity contribution in [1.82, 2.24) is 4.98 Å². The number of halogens is 5. The molecule has 0 fully saturated rings. The van der Waals surface area contributed by atoms with E-state index in [0.29, 0.717) is 12.1 Å². The van der Waals surface area contributed by atoms with Crippen molar-refractivity contribution in [2.45, 2.75) is 6.18 Å². The first-order valence-corrected chi connectivity index (χ1v) is 5.95. The van der Waals surface area contributed by atoms with E-state index in [1.54, 1.807) is 0 Å². The third kappa shape index (κ3) is 3.69. The molecular formula is C13H7ClF4N2O. The molecule has 1 heterocycles. The van der Waals surface area contributed by atoms with E-state index in [4.69, 9.17) is 11.6 Å². The molecule has 0 aliphatic rings. The van der Waals surface area contributed by atoms with Crippen LogP contribution in [0.1, 0.15) is 15.9 Å². The predicted octanol–water partition coefficient (Wildman–Crippen LogP) is 4.15. The van der Waals surface area contributed by atoms with Crippen LogP contribution in [0.3, 0.4) is 0 Å². The third-order valence-electron chi connectivity index (χ3n) is 2.52. The van der Waals surface area contributed by atoms with Crippen molar-refractivity contribution in [2.75, 3.05) is 5.32 Å². The summed E-state index contributed by atoms with van der Waals surface area (Å²) < 4.78 is 50.8. The Balaban J connectivity index is 2.24. The van der Waals surface area contributed by atoms with E-state index < -0.39 is 23.5 Å². The quantitative estimate of drug-likeness (QED) is 0.668. The first kappa shape index (κ1) is 15.2. The molecule has 0 atom stereocenters. The monoisotopic (exact) mass is 318 g/mol. The van der Waals surface area contributed by atoms with Gasteiger partial charge >= 0.3 is 6.18 Å². The van der Waals surface area contributed by atoms with Gasteiger partial charge in [0.15, 0.2) is 0 Å². The first-order chi connectivity index (χ1) is 9.77. The number of benzene rings is 1. The van der Waals surface area contributed by atoms with Gasteiger partial charge in [0, 0.05) is 11.9 Å². The summed E-state index contributed by atoms with van der Waals surface area (Å²) in [6.07, 6.45) is -3.67. The standard InChI is InChI=1S/C13H7ClF4N2O/c14-11-4-1-7(6-19-11)12(21)20-8-2-3-10(15)9(5-8)13(16,17)18/h1-6H,(H,20,21). The Morgan fingerprint density at radius 2 is 1.90 bits per heavy atom. The predicted molar refractivity (Wildman–Crippen MR) is 68.6 cm³/mol. The number of hydrogen-bond acceptors (Lipinski definition) is 2. The lowest BCUT2D eigenvalue weighted by Crippen LogP contribution is -2.14. The summed E-state index contributed by atoms with van der Waals surface area (Å²) in [7, 11) is 0. The van der Waals surface area contributed by atoms with Gasteiger partial charge in [0.2, 0.25) is 0 Å². The highest BCUT2D eigenvalue weighted by atomic mass is 35.5.